The Morgan fingerprint density at radius 3 is 2.15 bits per heavy atom. The molecule has 0 aromatic carbocycles. The number of carboxylic acids is 1. The Hall–Kier alpha value is -0.870. The molecule has 11 unspecified atom stereocenters. The van der Waals surface area contributed by atoms with Crippen LogP contribution in [-0.2, 0) is 4.79 Å². The lowest BCUT2D eigenvalue weighted by Crippen LogP contribution is -2.72. The Labute approximate surface area is 206 Å². The van der Waals surface area contributed by atoms with E-state index >= 15 is 0 Å². The van der Waals surface area contributed by atoms with Crippen molar-refractivity contribution in [1.29, 1.82) is 0 Å². The summed E-state index contributed by atoms with van der Waals surface area (Å²) in [4.78, 5) is 13.6. The molecule has 0 amide bonds. The number of rotatable bonds is 2. The van der Waals surface area contributed by atoms with E-state index in [2.05, 4.69) is 48.1 Å². The van der Waals surface area contributed by atoms with Crippen LogP contribution in [0.4, 0.5) is 0 Å². The number of allylic oxidation sites excluding steroid dienone is 1. The average Bonchev–Trinajstić information content (AvgIpc) is 3.10. The van der Waals surface area contributed by atoms with Crippen molar-refractivity contribution in [1.82, 2.24) is 0 Å². The first kappa shape index (κ1) is 24.8. The van der Waals surface area contributed by atoms with Crippen LogP contribution >= 0.6 is 0 Å². The quantitative estimate of drug-likeness (QED) is 0.427. The molecule has 4 heteroatoms. The average molecular weight is 473 g/mol. The normalized spacial score (nSPS) is 55.9. The van der Waals surface area contributed by atoms with Crippen molar-refractivity contribution in [3.05, 3.63) is 12.2 Å². The summed E-state index contributed by atoms with van der Waals surface area (Å²) in [7, 11) is 0. The van der Waals surface area contributed by atoms with Gasteiger partial charge in [0.15, 0.2) is 0 Å². The van der Waals surface area contributed by atoms with Gasteiger partial charge in [0.05, 0.1) is 17.6 Å². The van der Waals surface area contributed by atoms with E-state index in [-0.39, 0.29) is 28.1 Å². The highest BCUT2D eigenvalue weighted by Gasteiger charge is 2.75. The number of aliphatic hydroxyl groups is 2. The zero-order chi connectivity index (χ0) is 25.1. The Bertz CT molecular complexity index is 894. The number of carbonyl (C=O) groups is 1. The van der Waals surface area contributed by atoms with Gasteiger partial charge in [-0.05, 0) is 104 Å². The standard InChI is InChI=1S/C30H48O4/c1-17(2)18-10-12-27(5)14-15-28(6)19(24(18)27)8-9-21-29(7)20(11-13-30(21,28)25(33)34)26(3,4)22(31)16-23(29)32/h18-24,31-32H,1,8-16H2,2-7H3,(H,33,34). The Morgan fingerprint density at radius 1 is 0.853 bits per heavy atom. The van der Waals surface area contributed by atoms with Crippen LogP contribution in [0.1, 0.15) is 99.3 Å². The zero-order valence-corrected chi connectivity index (χ0v) is 22.4. The van der Waals surface area contributed by atoms with Gasteiger partial charge in [0.2, 0.25) is 0 Å². The predicted molar refractivity (Wildman–Crippen MR) is 134 cm³/mol. The van der Waals surface area contributed by atoms with Crippen molar-refractivity contribution >= 4 is 5.97 Å². The largest absolute Gasteiger partial charge is 0.481 e. The molecular weight excluding hydrogens is 424 g/mol. The minimum atomic E-state index is -0.815. The SMILES string of the molecule is C=C(C)C1CCC2(C)CCC3(C)C(CCC4C5(C)C(O)CC(O)C(C)(C)C5CCC43C(=O)O)C12. The topological polar surface area (TPSA) is 77.8 Å². The lowest BCUT2D eigenvalue weighted by atomic mass is 9.31. The summed E-state index contributed by atoms with van der Waals surface area (Å²) < 4.78 is 0. The van der Waals surface area contributed by atoms with E-state index in [0.717, 1.165) is 32.1 Å². The van der Waals surface area contributed by atoms with E-state index in [0.29, 0.717) is 30.6 Å². The van der Waals surface area contributed by atoms with Crippen LogP contribution in [-0.4, -0.2) is 33.5 Å². The number of fused-ring (bicyclic) bond motifs is 7. The molecule has 4 nitrogen and oxygen atoms in total. The van der Waals surface area contributed by atoms with Gasteiger partial charge in [-0.25, -0.2) is 0 Å². The molecule has 5 fully saturated rings. The Balaban J connectivity index is 1.64. The van der Waals surface area contributed by atoms with Gasteiger partial charge in [0.25, 0.3) is 0 Å². The first-order valence-electron chi connectivity index (χ1n) is 13.9. The third kappa shape index (κ3) is 2.71. The molecule has 5 saturated carbocycles. The van der Waals surface area contributed by atoms with Crippen molar-refractivity contribution in [3.8, 4) is 0 Å². The number of aliphatic hydroxyl groups excluding tert-OH is 2. The number of carboxylic acid groups (broad SMARTS) is 1. The lowest BCUT2D eigenvalue weighted by Gasteiger charge is -2.72. The van der Waals surface area contributed by atoms with Crippen molar-refractivity contribution in [3.63, 3.8) is 0 Å². The van der Waals surface area contributed by atoms with E-state index in [1.165, 1.54) is 18.4 Å². The molecule has 0 saturated heterocycles. The molecular formula is C30H48O4. The number of hydrogen-bond donors (Lipinski definition) is 3. The molecule has 0 aromatic rings. The fourth-order valence-electron chi connectivity index (χ4n) is 11.5. The lowest BCUT2D eigenvalue weighted by molar-refractivity contribution is -0.276. The molecule has 5 aliphatic rings. The summed E-state index contributed by atoms with van der Waals surface area (Å²) in [6, 6.07) is 0. The Kier molecular flexibility index (Phi) is 5.36. The van der Waals surface area contributed by atoms with Gasteiger partial charge in [-0.3, -0.25) is 4.79 Å². The second kappa shape index (κ2) is 7.34. The second-order valence-corrected chi connectivity index (χ2v) is 14.6. The minimum Gasteiger partial charge on any atom is -0.481 e. The van der Waals surface area contributed by atoms with Gasteiger partial charge >= 0.3 is 5.97 Å². The van der Waals surface area contributed by atoms with Crippen LogP contribution in [0, 0.1) is 56.7 Å². The second-order valence-electron chi connectivity index (χ2n) is 14.6. The van der Waals surface area contributed by atoms with E-state index in [4.69, 9.17) is 0 Å². The third-order valence-corrected chi connectivity index (χ3v) is 13.4. The highest BCUT2D eigenvalue weighted by molar-refractivity contribution is 5.77. The van der Waals surface area contributed by atoms with Crippen molar-refractivity contribution in [2.24, 2.45) is 56.7 Å². The third-order valence-electron chi connectivity index (χ3n) is 13.4. The van der Waals surface area contributed by atoms with Gasteiger partial charge in [-0.15, -0.1) is 0 Å². The summed E-state index contributed by atoms with van der Waals surface area (Å²) in [5, 5.41) is 33.6. The summed E-state index contributed by atoms with van der Waals surface area (Å²) >= 11 is 0. The first-order chi connectivity index (χ1) is 15.7. The molecule has 0 aliphatic heterocycles. The van der Waals surface area contributed by atoms with Crippen LogP contribution in [0.5, 0.6) is 0 Å². The highest BCUT2D eigenvalue weighted by Crippen LogP contribution is 2.77. The zero-order valence-electron chi connectivity index (χ0n) is 22.4. The molecule has 3 N–H and O–H groups in total. The molecule has 0 bridgehead atoms. The summed E-state index contributed by atoms with van der Waals surface area (Å²) in [6.07, 6.45) is 7.01. The van der Waals surface area contributed by atoms with Crippen LogP contribution in [0.3, 0.4) is 0 Å². The monoisotopic (exact) mass is 472 g/mol. The molecule has 0 radical (unpaired) electrons. The number of hydrogen-bond acceptors (Lipinski definition) is 3. The molecule has 0 aromatic heterocycles. The molecule has 5 rings (SSSR count). The van der Waals surface area contributed by atoms with E-state index < -0.39 is 29.0 Å². The van der Waals surface area contributed by atoms with Gasteiger partial charge in [0, 0.05) is 11.8 Å². The van der Waals surface area contributed by atoms with Gasteiger partial charge in [-0.1, -0.05) is 46.8 Å². The van der Waals surface area contributed by atoms with Crippen molar-refractivity contribution in [2.45, 2.75) is 112 Å². The van der Waals surface area contributed by atoms with Crippen LogP contribution in [0.25, 0.3) is 0 Å². The summed E-state index contributed by atoms with van der Waals surface area (Å²) in [5.41, 5.74) is -0.339. The Morgan fingerprint density at radius 2 is 1.53 bits per heavy atom. The fourth-order valence-corrected chi connectivity index (χ4v) is 11.5. The maximum atomic E-state index is 13.6. The smallest absolute Gasteiger partial charge is 0.310 e. The van der Waals surface area contributed by atoms with Gasteiger partial charge < -0.3 is 15.3 Å². The predicted octanol–water partition coefficient (Wildman–Crippen LogP) is 6.06. The van der Waals surface area contributed by atoms with Crippen molar-refractivity contribution in [2.75, 3.05) is 0 Å². The fraction of sp³-hybridized carbons (Fsp3) is 0.900. The molecule has 0 heterocycles. The molecule has 192 valence electrons. The van der Waals surface area contributed by atoms with Crippen molar-refractivity contribution < 1.29 is 20.1 Å². The summed E-state index contributed by atoms with van der Waals surface area (Å²) in [6.45, 7) is 17.8. The molecule has 11 atom stereocenters. The van der Waals surface area contributed by atoms with Crippen LogP contribution in [0.15, 0.2) is 12.2 Å². The minimum absolute atomic E-state index is 0.0617. The summed E-state index contributed by atoms with van der Waals surface area (Å²) in [5.74, 6) is 0.837. The van der Waals surface area contributed by atoms with E-state index in [1.807, 2.05) is 0 Å². The molecule has 5 aliphatic carbocycles. The maximum absolute atomic E-state index is 13.6. The van der Waals surface area contributed by atoms with E-state index in [1.54, 1.807) is 0 Å². The van der Waals surface area contributed by atoms with Crippen LogP contribution in [0.2, 0.25) is 0 Å². The van der Waals surface area contributed by atoms with Crippen LogP contribution < -0.4 is 0 Å². The van der Waals surface area contributed by atoms with E-state index in [9.17, 15) is 20.1 Å². The highest BCUT2D eigenvalue weighted by atomic mass is 16.4. The molecule has 34 heavy (non-hydrogen) atoms. The maximum Gasteiger partial charge on any atom is 0.310 e. The number of aliphatic carboxylic acids is 1. The first-order valence-corrected chi connectivity index (χ1v) is 13.9. The molecule has 0 spiro atoms. The van der Waals surface area contributed by atoms with Gasteiger partial charge in [0.1, 0.15) is 0 Å². The van der Waals surface area contributed by atoms with Gasteiger partial charge in [-0.2, -0.15) is 0 Å².